The number of urea groups is 1. The molecule has 0 bridgehead atoms. The second-order valence-corrected chi connectivity index (χ2v) is 6.11. The molecule has 0 saturated carbocycles. The Kier molecular flexibility index (Phi) is 6.97. The number of methoxy groups -OCH3 is 1. The van der Waals surface area contributed by atoms with E-state index in [0.29, 0.717) is 22.3 Å². The van der Waals surface area contributed by atoms with E-state index in [-0.39, 0.29) is 12.5 Å². The number of carboxylic acid groups (broad SMARTS) is 1. The van der Waals surface area contributed by atoms with Gasteiger partial charge in [-0.1, -0.05) is 0 Å². The van der Waals surface area contributed by atoms with E-state index in [9.17, 15) is 9.59 Å². The molecule has 1 unspecified atom stereocenters. The zero-order chi connectivity index (χ0) is 16.0. The first kappa shape index (κ1) is 17.8. The van der Waals surface area contributed by atoms with Crippen LogP contribution in [0.2, 0.25) is 0 Å². The summed E-state index contributed by atoms with van der Waals surface area (Å²) in [7, 11) is 1.53. The monoisotopic (exact) mass is 422 g/mol. The number of ether oxygens (including phenoxy) is 1. The Labute approximate surface area is 139 Å². The van der Waals surface area contributed by atoms with Crippen molar-refractivity contribution in [3.63, 3.8) is 0 Å². The summed E-state index contributed by atoms with van der Waals surface area (Å²) >= 11 is 6.69. The molecule has 21 heavy (non-hydrogen) atoms. The van der Waals surface area contributed by atoms with E-state index in [1.807, 2.05) is 0 Å². The van der Waals surface area contributed by atoms with E-state index < -0.39 is 12.0 Å². The van der Waals surface area contributed by atoms with Crippen molar-refractivity contribution in [3.05, 3.63) is 21.1 Å². The topological polar surface area (TPSA) is 87.7 Å². The van der Waals surface area contributed by atoms with Crippen LogP contribution in [0, 0.1) is 0 Å². The van der Waals surface area contributed by atoms with Crippen LogP contribution in [0.3, 0.4) is 0 Å². The number of rotatable bonds is 6. The third kappa shape index (κ3) is 5.92. The Balaban J connectivity index is 2.64. The molecule has 0 heterocycles. The normalized spacial score (nSPS) is 11.6. The van der Waals surface area contributed by atoms with Gasteiger partial charge in [-0.25, -0.2) is 4.79 Å². The molecule has 1 aromatic carbocycles. The minimum Gasteiger partial charge on any atom is -0.495 e. The molecule has 8 heteroatoms. The summed E-state index contributed by atoms with van der Waals surface area (Å²) in [4.78, 5) is 22.3. The molecule has 0 aliphatic heterocycles. The number of carbonyl (C=O) groups is 2. The third-order valence-electron chi connectivity index (χ3n) is 2.66. The molecule has 0 radical (unpaired) electrons. The van der Waals surface area contributed by atoms with Crippen LogP contribution in [0.1, 0.15) is 19.8 Å². The van der Waals surface area contributed by atoms with Crippen molar-refractivity contribution in [3.8, 4) is 5.75 Å². The lowest BCUT2D eigenvalue weighted by molar-refractivity contribution is -0.137. The highest BCUT2D eigenvalue weighted by Gasteiger charge is 2.12. The summed E-state index contributed by atoms with van der Waals surface area (Å²) in [5.41, 5.74) is 0.554. The molecule has 6 nitrogen and oxygen atoms in total. The summed E-state index contributed by atoms with van der Waals surface area (Å²) in [5.74, 6) is -0.295. The molecule has 116 valence electrons. The number of anilines is 1. The van der Waals surface area contributed by atoms with Crippen molar-refractivity contribution in [2.45, 2.75) is 25.8 Å². The average Bonchev–Trinajstić information content (AvgIpc) is 2.39. The van der Waals surface area contributed by atoms with Crippen LogP contribution in [0.15, 0.2) is 21.1 Å². The molecule has 0 spiro atoms. The first-order chi connectivity index (χ1) is 9.83. The first-order valence-electron chi connectivity index (χ1n) is 6.15. The summed E-state index contributed by atoms with van der Waals surface area (Å²) < 4.78 is 6.62. The predicted molar refractivity (Wildman–Crippen MR) is 86.9 cm³/mol. The van der Waals surface area contributed by atoms with Gasteiger partial charge in [-0.2, -0.15) is 0 Å². The number of aliphatic carboxylic acids is 1. The van der Waals surface area contributed by atoms with Gasteiger partial charge in [0.25, 0.3) is 0 Å². The van der Waals surface area contributed by atoms with Crippen LogP contribution in [-0.4, -0.2) is 30.3 Å². The zero-order valence-electron chi connectivity index (χ0n) is 11.6. The molecule has 0 fully saturated rings. The summed E-state index contributed by atoms with van der Waals surface area (Å²) in [5, 5.41) is 14.0. The van der Waals surface area contributed by atoms with Gasteiger partial charge >= 0.3 is 12.0 Å². The fourth-order valence-corrected chi connectivity index (χ4v) is 2.83. The number of carboxylic acids is 1. The number of halogens is 2. The quantitative estimate of drug-likeness (QED) is 0.652. The molecule has 1 rings (SSSR count). The third-order valence-corrected chi connectivity index (χ3v) is 3.93. The second-order valence-electron chi connectivity index (χ2n) is 4.40. The van der Waals surface area contributed by atoms with Crippen molar-refractivity contribution in [2.24, 2.45) is 0 Å². The second kappa shape index (κ2) is 8.23. The fraction of sp³-hybridized carbons (Fsp3) is 0.385. The zero-order valence-corrected chi connectivity index (χ0v) is 14.7. The highest BCUT2D eigenvalue weighted by atomic mass is 79.9. The highest BCUT2D eigenvalue weighted by molar-refractivity contribution is 9.11. The summed E-state index contributed by atoms with van der Waals surface area (Å²) in [6.07, 6.45) is 0.380. The predicted octanol–water partition coefficient (Wildman–Crippen LogP) is 3.60. The number of nitrogens with one attached hydrogen (secondary N) is 2. The number of carbonyl (C=O) groups excluding carboxylic acids is 1. The fourth-order valence-electron chi connectivity index (χ4n) is 1.58. The van der Waals surface area contributed by atoms with E-state index in [4.69, 9.17) is 9.84 Å². The molecular weight excluding hydrogens is 408 g/mol. The highest BCUT2D eigenvalue weighted by Crippen LogP contribution is 2.34. The lowest BCUT2D eigenvalue weighted by Gasteiger charge is -2.15. The molecule has 0 aliphatic rings. The number of amides is 2. The Morgan fingerprint density at radius 2 is 2.00 bits per heavy atom. The van der Waals surface area contributed by atoms with Crippen molar-refractivity contribution in [2.75, 3.05) is 12.4 Å². The smallest absolute Gasteiger partial charge is 0.319 e. The van der Waals surface area contributed by atoms with Gasteiger partial charge in [0.2, 0.25) is 0 Å². The maximum absolute atomic E-state index is 11.9. The van der Waals surface area contributed by atoms with Crippen LogP contribution in [-0.2, 0) is 4.79 Å². The molecular formula is C13H16Br2N2O4. The number of hydrogen-bond acceptors (Lipinski definition) is 3. The molecule has 0 aromatic heterocycles. The van der Waals surface area contributed by atoms with Gasteiger partial charge in [-0.05, 0) is 51.3 Å². The lowest BCUT2D eigenvalue weighted by Crippen LogP contribution is -2.36. The maximum Gasteiger partial charge on any atom is 0.319 e. The first-order valence-corrected chi connectivity index (χ1v) is 7.74. The minimum atomic E-state index is -0.885. The van der Waals surface area contributed by atoms with Crippen LogP contribution >= 0.6 is 31.9 Å². The summed E-state index contributed by atoms with van der Waals surface area (Å²) in [6, 6.07) is 2.80. The molecule has 1 atom stereocenters. The van der Waals surface area contributed by atoms with Crippen molar-refractivity contribution >= 4 is 49.5 Å². The Morgan fingerprint density at radius 3 is 2.57 bits per heavy atom. The molecule has 0 aliphatic carbocycles. The van der Waals surface area contributed by atoms with Gasteiger partial charge in [0.05, 0.1) is 17.3 Å². The van der Waals surface area contributed by atoms with Gasteiger partial charge in [0.15, 0.2) is 0 Å². The SMILES string of the molecule is COc1cc(NC(=O)NC(C)CCC(=O)O)c(Br)cc1Br. The standard InChI is InChI=1S/C13H16Br2N2O4/c1-7(3-4-12(18)19)16-13(20)17-10-6-11(21-2)9(15)5-8(10)14/h5-7H,3-4H2,1-2H3,(H,18,19)(H2,16,17,20). The van der Waals surface area contributed by atoms with Crippen molar-refractivity contribution in [1.29, 1.82) is 0 Å². The minimum absolute atomic E-state index is 0.0112. The van der Waals surface area contributed by atoms with Gasteiger partial charge < -0.3 is 20.5 Å². The summed E-state index contributed by atoms with van der Waals surface area (Å²) in [6.45, 7) is 1.75. The van der Waals surface area contributed by atoms with E-state index >= 15 is 0 Å². The van der Waals surface area contributed by atoms with Crippen molar-refractivity contribution < 1.29 is 19.4 Å². The van der Waals surface area contributed by atoms with Gasteiger partial charge in [-0.3, -0.25) is 4.79 Å². The number of benzene rings is 1. The molecule has 2 amide bonds. The Morgan fingerprint density at radius 1 is 1.33 bits per heavy atom. The van der Waals surface area contributed by atoms with Crippen molar-refractivity contribution in [1.82, 2.24) is 5.32 Å². The molecule has 0 saturated heterocycles. The van der Waals surface area contributed by atoms with Gasteiger partial charge in [0.1, 0.15) is 5.75 Å². The van der Waals surface area contributed by atoms with Crippen LogP contribution in [0.4, 0.5) is 10.5 Å². The van der Waals surface area contributed by atoms with Gasteiger partial charge in [-0.15, -0.1) is 0 Å². The van der Waals surface area contributed by atoms with E-state index in [1.54, 1.807) is 19.1 Å². The largest absolute Gasteiger partial charge is 0.495 e. The number of hydrogen-bond donors (Lipinski definition) is 3. The lowest BCUT2D eigenvalue weighted by atomic mass is 10.2. The maximum atomic E-state index is 11.9. The van der Waals surface area contributed by atoms with Crippen LogP contribution < -0.4 is 15.4 Å². The average molecular weight is 424 g/mol. The van der Waals surface area contributed by atoms with Gasteiger partial charge in [0, 0.05) is 23.0 Å². The molecule has 3 N–H and O–H groups in total. The Hall–Kier alpha value is -1.28. The molecule has 1 aromatic rings. The van der Waals surface area contributed by atoms with Crippen LogP contribution in [0.25, 0.3) is 0 Å². The van der Waals surface area contributed by atoms with E-state index in [2.05, 4.69) is 42.5 Å². The van der Waals surface area contributed by atoms with Crippen LogP contribution in [0.5, 0.6) is 5.75 Å². The van der Waals surface area contributed by atoms with E-state index in [0.717, 1.165) is 4.47 Å². The Bertz CT molecular complexity index is 537. The van der Waals surface area contributed by atoms with E-state index in [1.165, 1.54) is 7.11 Å².